The quantitative estimate of drug-likeness (QED) is 0.782. The molecule has 0 heterocycles. The molecule has 1 aromatic rings. The lowest BCUT2D eigenvalue weighted by Gasteiger charge is -2.22. The first-order valence-electron chi connectivity index (χ1n) is 6.17. The summed E-state index contributed by atoms with van der Waals surface area (Å²) < 4.78 is 9.86. The van der Waals surface area contributed by atoms with Gasteiger partial charge in [0, 0.05) is 24.8 Å². The van der Waals surface area contributed by atoms with Crippen molar-refractivity contribution in [1.29, 1.82) is 0 Å². The highest BCUT2D eigenvalue weighted by Gasteiger charge is 2.24. The summed E-state index contributed by atoms with van der Waals surface area (Å²) in [6, 6.07) is 6.80. The van der Waals surface area contributed by atoms with Crippen molar-refractivity contribution in [3.05, 3.63) is 34.9 Å². The fraction of sp³-hybridized carbons (Fsp3) is 0.500. The molecule has 0 saturated carbocycles. The van der Waals surface area contributed by atoms with E-state index in [-0.39, 0.29) is 12.0 Å². The van der Waals surface area contributed by atoms with Gasteiger partial charge in [-0.05, 0) is 25.0 Å². The van der Waals surface area contributed by atoms with E-state index in [0.29, 0.717) is 11.6 Å². The zero-order valence-electron chi connectivity index (χ0n) is 11.5. The van der Waals surface area contributed by atoms with Gasteiger partial charge < -0.3 is 9.47 Å². The number of methoxy groups -OCH3 is 2. The molecular formula is C14H20ClNO3. The van der Waals surface area contributed by atoms with Gasteiger partial charge in [-0.25, -0.2) is 4.79 Å². The van der Waals surface area contributed by atoms with Gasteiger partial charge in [-0.3, -0.25) is 5.32 Å². The summed E-state index contributed by atoms with van der Waals surface area (Å²) >= 11 is 6.14. The highest BCUT2D eigenvalue weighted by Crippen LogP contribution is 2.24. The van der Waals surface area contributed by atoms with Crippen LogP contribution in [0.15, 0.2) is 24.3 Å². The largest absolute Gasteiger partial charge is 0.468 e. The summed E-state index contributed by atoms with van der Waals surface area (Å²) in [6.45, 7) is 2.62. The number of ether oxygens (including phenoxy) is 2. The predicted octanol–water partition coefficient (Wildman–Crippen LogP) is 2.57. The molecule has 0 aliphatic heterocycles. The Morgan fingerprint density at radius 3 is 2.63 bits per heavy atom. The molecule has 0 unspecified atom stereocenters. The third-order valence-electron chi connectivity index (χ3n) is 2.86. The molecule has 0 fully saturated rings. The van der Waals surface area contributed by atoms with Crippen LogP contribution in [0.25, 0.3) is 0 Å². The van der Waals surface area contributed by atoms with E-state index < -0.39 is 6.04 Å². The molecule has 0 radical (unpaired) electrons. The van der Waals surface area contributed by atoms with Crippen molar-refractivity contribution in [2.75, 3.05) is 20.8 Å². The second kappa shape index (κ2) is 8.15. The molecule has 1 rings (SSSR count). The molecule has 1 N–H and O–H groups in total. The fourth-order valence-corrected chi connectivity index (χ4v) is 2.02. The van der Waals surface area contributed by atoms with Gasteiger partial charge in [0.05, 0.1) is 7.11 Å². The van der Waals surface area contributed by atoms with Gasteiger partial charge >= 0.3 is 5.97 Å². The highest BCUT2D eigenvalue weighted by molar-refractivity contribution is 6.31. The summed E-state index contributed by atoms with van der Waals surface area (Å²) in [5.41, 5.74) is 0.722. The number of halogens is 1. The van der Waals surface area contributed by atoms with E-state index in [1.54, 1.807) is 13.2 Å². The van der Waals surface area contributed by atoms with E-state index in [4.69, 9.17) is 21.1 Å². The normalized spacial score (nSPS) is 13.9. The third-order valence-corrected chi connectivity index (χ3v) is 3.20. The Balaban J connectivity index is 2.84. The van der Waals surface area contributed by atoms with Gasteiger partial charge in [0.15, 0.2) is 0 Å². The number of esters is 1. The number of benzene rings is 1. The van der Waals surface area contributed by atoms with Crippen LogP contribution in [-0.2, 0) is 14.3 Å². The Kier molecular flexibility index (Phi) is 6.84. The first kappa shape index (κ1) is 16.0. The Labute approximate surface area is 119 Å². The van der Waals surface area contributed by atoms with Crippen LogP contribution in [-0.4, -0.2) is 32.8 Å². The van der Waals surface area contributed by atoms with E-state index in [2.05, 4.69) is 5.32 Å². The lowest BCUT2D eigenvalue weighted by atomic mass is 10.1. The van der Waals surface area contributed by atoms with Crippen molar-refractivity contribution in [1.82, 2.24) is 5.32 Å². The molecule has 19 heavy (non-hydrogen) atoms. The fourth-order valence-electron chi connectivity index (χ4n) is 1.77. The SMILES string of the molecule is COCC[C@H](C)N[C@@H](C(=O)OC)c1ccccc1Cl. The van der Waals surface area contributed by atoms with Crippen LogP contribution in [0.4, 0.5) is 0 Å². The summed E-state index contributed by atoms with van der Waals surface area (Å²) in [4.78, 5) is 11.9. The molecule has 5 heteroatoms. The number of hydrogen-bond donors (Lipinski definition) is 1. The van der Waals surface area contributed by atoms with Crippen LogP contribution < -0.4 is 5.32 Å². The van der Waals surface area contributed by atoms with E-state index in [1.807, 2.05) is 25.1 Å². The summed E-state index contributed by atoms with van der Waals surface area (Å²) in [5, 5.41) is 3.77. The second-order valence-corrected chi connectivity index (χ2v) is 4.73. The standard InChI is InChI=1S/C14H20ClNO3/c1-10(8-9-18-2)16-13(14(17)19-3)11-6-4-5-7-12(11)15/h4-7,10,13,16H,8-9H2,1-3H3/t10-,13+/m0/s1. The lowest BCUT2D eigenvalue weighted by Crippen LogP contribution is -2.36. The molecule has 106 valence electrons. The molecular weight excluding hydrogens is 266 g/mol. The number of carbonyl (C=O) groups excluding carboxylic acids is 1. The number of rotatable bonds is 7. The van der Waals surface area contributed by atoms with Gasteiger partial charge in [0.2, 0.25) is 0 Å². The minimum Gasteiger partial charge on any atom is -0.468 e. The van der Waals surface area contributed by atoms with Crippen LogP contribution in [0.5, 0.6) is 0 Å². The molecule has 0 amide bonds. The van der Waals surface area contributed by atoms with Crippen molar-refractivity contribution in [2.24, 2.45) is 0 Å². The van der Waals surface area contributed by atoms with Gasteiger partial charge in [-0.2, -0.15) is 0 Å². The predicted molar refractivity (Wildman–Crippen MR) is 75.3 cm³/mol. The monoisotopic (exact) mass is 285 g/mol. The molecule has 1 aromatic carbocycles. The molecule has 0 aromatic heterocycles. The van der Waals surface area contributed by atoms with Crippen molar-refractivity contribution in [3.63, 3.8) is 0 Å². The Morgan fingerprint density at radius 1 is 1.37 bits per heavy atom. The van der Waals surface area contributed by atoms with Crippen LogP contribution in [0, 0.1) is 0 Å². The summed E-state index contributed by atoms with van der Waals surface area (Å²) in [5.74, 6) is -0.350. The van der Waals surface area contributed by atoms with E-state index in [1.165, 1.54) is 7.11 Å². The van der Waals surface area contributed by atoms with Crippen LogP contribution in [0.2, 0.25) is 5.02 Å². The molecule has 0 spiro atoms. The van der Waals surface area contributed by atoms with Gasteiger partial charge in [-0.15, -0.1) is 0 Å². The Bertz CT molecular complexity index is 411. The smallest absolute Gasteiger partial charge is 0.327 e. The maximum Gasteiger partial charge on any atom is 0.327 e. The molecule has 0 bridgehead atoms. The van der Waals surface area contributed by atoms with Crippen LogP contribution in [0.3, 0.4) is 0 Å². The van der Waals surface area contributed by atoms with E-state index in [9.17, 15) is 4.79 Å². The zero-order valence-corrected chi connectivity index (χ0v) is 12.2. The van der Waals surface area contributed by atoms with Gasteiger partial charge in [0.25, 0.3) is 0 Å². The molecule has 0 aliphatic carbocycles. The maximum absolute atomic E-state index is 11.9. The minimum absolute atomic E-state index is 0.111. The second-order valence-electron chi connectivity index (χ2n) is 4.33. The zero-order chi connectivity index (χ0) is 14.3. The Hall–Kier alpha value is -1.10. The summed E-state index contributed by atoms with van der Waals surface area (Å²) in [6.07, 6.45) is 0.800. The average Bonchev–Trinajstić information content (AvgIpc) is 2.42. The van der Waals surface area contributed by atoms with Gasteiger partial charge in [0.1, 0.15) is 6.04 Å². The molecule has 0 saturated heterocycles. The Morgan fingerprint density at radius 2 is 2.05 bits per heavy atom. The number of carbonyl (C=O) groups is 1. The number of nitrogens with one attached hydrogen (secondary N) is 1. The van der Waals surface area contributed by atoms with Crippen molar-refractivity contribution < 1.29 is 14.3 Å². The van der Waals surface area contributed by atoms with E-state index in [0.717, 1.165) is 12.0 Å². The molecule has 0 aliphatic rings. The topological polar surface area (TPSA) is 47.6 Å². The third kappa shape index (κ3) is 4.82. The van der Waals surface area contributed by atoms with Gasteiger partial charge in [-0.1, -0.05) is 29.8 Å². The lowest BCUT2D eigenvalue weighted by molar-refractivity contribution is -0.143. The van der Waals surface area contributed by atoms with Crippen molar-refractivity contribution in [2.45, 2.75) is 25.4 Å². The van der Waals surface area contributed by atoms with E-state index >= 15 is 0 Å². The van der Waals surface area contributed by atoms with Crippen molar-refractivity contribution in [3.8, 4) is 0 Å². The highest BCUT2D eigenvalue weighted by atomic mass is 35.5. The first-order chi connectivity index (χ1) is 9.10. The summed E-state index contributed by atoms with van der Waals surface area (Å²) in [7, 11) is 3.02. The number of hydrogen-bond acceptors (Lipinski definition) is 4. The maximum atomic E-state index is 11.9. The van der Waals surface area contributed by atoms with Crippen molar-refractivity contribution >= 4 is 17.6 Å². The van der Waals surface area contributed by atoms with Crippen LogP contribution in [0.1, 0.15) is 24.9 Å². The first-order valence-corrected chi connectivity index (χ1v) is 6.55. The molecule has 4 nitrogen and oxygen atoms in total. The minimum atomic E-state index is -0.564. The average molecular weight is 286 g/mol. The molecule has 2 atom stereocenters. The van der Waals surface area contributed by atoms with Crippen LogP contribution >= 0.6 is 11.6 Å².